The molecule has 3 heteroatoms. The molecule has 20 heavy (non-hydrogen) atoms. The van der Waals surface area contributed by atoms with E-state index in [0.717, 1.165) is 25.4 Å². The van der Waals surface area contributed by atoms with Gasteiger partial charge < -0.3 is 5.32 Å². The van der Waals surface area contributed by atoms with Crippen LogP contribution < -0.4 is 5.32 Å². The number of rotatable bonds is 6. The second-order valence-corrected chi connectivity index (χ2v) is 7.11. The molecule has 1 aromatic heterocycles. The zero-order valence-corrected chi connectivity index (χ0v) is 14.0. The van der Waals surface area contributed by atoms with Crippen LogP contribution in [0, 0.1) is 0 Å². The molecule has 1 N–H and O–H groups in total. The minimum Gasteiger partial charge on any atom is -0.312 e. The van der Waals surface area contributed by atoms with E-state index in [-0.39, 0.29) is 0 Å². The molecule has 1 saturated carbocycles. The molecule has 0 saturated heterocycles. The van der Waals surface area contributed by atoms with E-state index >= 15 is 0 Å². The molecule has 0 aromatic carbocycles. The topological polar surface area (TPSA) is 24.9 Å². The van der Waals surface area contributed by atoms with Crippen LogP contribution in [0.15, 0.2) is 0 Å². The van der Waals surface area contributed by atoms with E-state index in [1.807, 2.05) is 11.3 Å². The van der Waals surface area contributed by atoms with E-state index in [2.05, 4.69) is 19.2 Å². The van der Waals surface area contributed by atoms with Crippen molar-refractivity contribution in [3.05, 3.63) is 15.6 Å². The molecule has 0 unspecified atom stereocenters. The Morgan fingerprint density at radius 3 is 2.45 bits per heavy atom. The Bertz CT molecular complexity index is 378. The van der Waals surface area contributed by atoms with Gasteiger partial charge in [0, 0.05) is 17.3 Å². The first-order valence-corrected chi connectivity index (χ1v) is 9.36. The number of nitrogens with one attached hydrogen (secondary N) is 1. The minimum absolute atomic E-state index is 0.742. The highest BCUT2D eigenvalue weighted by atomic mass is 32.1. The van der Waals surface area contributed by atoms with Crippen LogP contribution in [0.5, 0.6) is 0 Å². The molecule has 1 aliphatic carbocycles. The van der Waals surface area contributed by atoms with Gasteiger partial charge in [-0.3, -0.25) is 0 Å². The van der Waals surface area contributed by atoms with Gasteiger partial charge in [-0.05, 0) is 25.8 Å². The van der Waals surface area contributed by atoms with Crippen molar-refractivity contribution in [2.24, 2.45) is 0 Å². The van der Waals surface area contributed by atoms with Crippen molar-refractivity contribution >= 4 is 11.3 Å². The van der Waals surface area contributed by atoms with E-state index in [1.165, 1.54) is 66.9 Å². The fraction of sp³-hybridized carbons (Fsp3) is 0.824. The molecule has 1 fully saturated rings. The molecule has 0 radical (unpaired) electrons. The summed E-state index contributed by atoms with van der Waals surface area (Å²) in [6.07, 6.45) is 12.2. The van der Waals surface area contributed by atoms with Gasteiger partial charge in [-0.2, -0.15) is 0 Å². The lowest BCUT2D eigenvalue weighted by Gasteiger charge is -2.17. The number of aryl methyl sites for hydroxylation is 1. The zero-order chi connectivity index (χ0) is 14.2. The Morgan fingerprint density at radius 1 is 1.10 bits per heavy atom. The van der Waals surface area contributed by atoms with Gasteiger partial charge in [-0.25, -0.2) is 4.98 Å². The van der Waals surface area contributed by atoms with Gasteiger partial charge in [0.1, 0.15) is 0 Å². The van der Waals surface area contributed by atoms with Crippen molar-refractivity contribution in [3.8, 4) is 0 Å². The van der Waals surface area contributed by atoms with Crippen LogP contribution in [0.2, 0.25) is 0 Å². The minimum atomic E-state index is 0.742. The monoisotopic (exact) mass is 294 g/mol. The van der Waals surface area contributed by atoms with Gasteiger partial charge in [-0.15, -0.1) is 11.3 Å². The number of hydrogen-bond acceptors (Lipinski definition) is 3. The maximum Gasteiger partial charge on any atom is 0.0962 e. The quantitative estimate of drug-likeness (QED) is 0.795. The first kappa shape index (κ1) is 16.0. The van der Waals surface area contributed by atoms with Crippen molar-refractivity contribution in [1.29, 1.82) is 0 Å². The lowest BCUT2D eigenvalue weighted by molar-refractivity contribution is 0.454. The maximum atomic E-state index is 5.03. The molecule has 1 heterocycles. The summed E-state index contributed by atoms with van der Waals surface area (Å²) in [6.45, 7) is 6.49. The molecule has 0 spiro atoms. The Hall–Kier alpha value is -0.410. The lowest BCUT2D eigenvalue weighted by Crippen LogP contribution is -2.11. The van der Waals surface area contributed by atoms with Crippen LogP contribution in [0.1, 0.15) is 86.7 Å². The first-order chi connectivity index (χ1) is 9.85. The predicted octanol–water partition coefficient (Wildman–Crippen LogP) is 5.03. The lowest BCUT2D eigenvalue weighted by atomic mass is 9.92. The van der Waals surface area contributed by atoms with Gasteiger partial charge in [0.05, 0.1) is 10.7 Å². The zero-order valence-electron chi connectivity index (χ0n) is 13.2. The van der Waals surface area contributed by atoms with Crippen LogP contribution in [0.25, 0.3) is 0 Å². The fourth-order valence-electron chi connectivity index (χ4n) is 3.09. The van der Waals surface area contributed by atoms with Crippen molar-refractivity contribution < 1.29 is 0 Å². The van der Waals surface area contributed by atoms with Crippen molar-refractivity contribution in [3.63, 3.8) is 0 Å². The summed E-state index contributed by atoms with van der Waals surface area (Å²) >= 11 is 1.99. The van der Waals surface area contributed by atoms with Crippen LogP contribution in [0.4, 0.5) is 0 Å². The van der Waals surface area contributed by atoms with Gasteiger partial charge in [0.15, 0.2) is 0 Å². The molecular formula is C17H30N2S. The summed E-state index contributed by atoms with van der Waals surface area (Å²) < 4.78 is 0. The summed E-state index contributed by atoms with van der Waals surface area (Å²) in [6, 6.07) is 0. The molecule has 0 atom stereocenters. The molecule has 0 amide bonds. The summed E-state index contributed by atoms with van der Waals surface area (Å²) in [7, 11) is 0. The van der Waals surface area contributed by atoms with Crippen LogP contribution in [-0.4, -0.2) is 11.5 Å². The van der Waals surface area contributed by atoms with E-state index in [4.69, 9.17) is 4.98 Å². The van der Waals surface area contributed by atoms with Gasteiger partial charge >= 0.3 is 0 Å². The van der Waals surface area contributed by atoms with E-state index < -0.39 is 0 Å². The van der Waals surface area contributed by atoms with E-state index in [1.54, 1.807) is 0 Å². The molecular weight excluding hydrogens is 264 g/mol. The van der Waals surface area contributed by atoms with Crippen LogP contribution in [-0.2, 0) is 13.0 Å². The van der Waals surface area contributed by atoms with Gasteiger partial charge in [-0.1, -0.05) is 52.4 Å². The second kappa shape index (κ2) is 8.78. The van der Waals surface area contributed by atoms with E-state index in [0.29, 0.717) is 0 Å². The third-order valence-corrected chi connectivity index (χ3v) is 5.53. The molecule has 1 aliphatic rings. The Labute approximate surface area is 128 Å². The Kier molecular flexibility index (Phi) is 7.01. The maximum absolute atomic E-state index is 5.03. The average Bonchev–Trinajstić information content (AvgIpc) is 2.79. The predicted molar refractivity (Wildman–Crippen MR) is 88.5 cm³/mol. The number of hydrogen-bond donors (Lipinski definition) is 1. The van der Waals surface area contributed by atoms with Gasteiger partial charge in [0.25, 0.3) is 0 Å². The number of thiazole rings is 1. The average molecular weight is 295 g/mol. The third kappa shape index (κ3) is 4.56. The Balaban J connectivity index is 2.08. The fourth-order valence-corrected chi connectivity index (χ4v) is 4.34. The highest BCUT2D eigenvalue weighted by Crippen LogP contribution is 2.34. The Morgan fingerprint density at radius 2 is 1.80 bits per heavy atom. The molecule has 114 valence electrons. The van der Waals surface area contributed by atoms with E-state index in [9.17, 15) is 0 Å². The van der Waals surface area contributed by atoms with Crippen LogP contribution >= 0.6 is 11.3 Å². The standard InChI is InChI=1S/C17H30N2S/c1-3-10-15-16(13-18-4-2)20-17(19-15)14-11-8-6-5-7-9-12-14/h14,18H,3-13H2,1-2H3. The molecule has 2 rings (SSSR count). The molecule has 0 bridgehead atoms. The number of aromatic nitrogens is 1. The normalized spacial score (nSPS) is 17.9. The highest BCUT2D eigenvalue weighted by molar-refractivity contribution is 7.11. The van der Waals surface area contributed by atoms with Crippen molar-refractivity contribution in [2.75, 3.05) is 6.54 Å². The summed E-state index contributed by atoms with van der Waals surface area (Å²) in [4.78, 5) is 6.52. The summed E-state index contributed by atoms with van der Waals surface area (Å²) in [5.41, 5.74) is 1.37. The SMILES string of the molecule is CCCc1nc(C2CCCCCCC2)sc1CNCC. The number of nitrogens with zero attached hydrogens (tertiary/aromatic N) is 1. The molecule has 2 nitrogen and oxygen atoms in total. The van der Waals surface area contributed by atoms with Gasteiger partial charge in [0.2, 0.25) is 0 Å². The second-order valence-electron chi connectivity index (χ2n) is 5.99. The summed E-state index contributed by atoms with van der Waals surface area (Å²) in [5.74, 6) is 0.742. The third-order valence-electron chi connectivity index (χ3n) is 4.27. The highest BCUT2D eigenvalue weighted by Gasteiger charge is 2.19. The first-order valence-electron chi connectivity index (χ1n) is 8.54. The smallest absolute Gasteiger partial charge is 0.0962 e. The molecule has 0 aliphatic heterocycles. The van der Waals surface area contributed by atoms with Crippen molar-refractivity contribution in [2.45, 2.75) is 84.1 Å². The van der Waals surface area contributed by atoms with Crippen LogP contribution in [0.3, 0.4) is 0 Å². The largest absolute Gasteiger partial charge is 0.312 e. The van der Waals surface area contributed by atoms with Crippen molar-refractivity contribution in [1.82, 2.24) is 10.3 Å². The molecule has 1 aromatic rings. The summed E-state index contributed by atoms with van der Waals surface area (Å²) in [5, 5.41) is 4.91.